The zero-order chi connectivity index (χ0) is 15.5. The average Bonchev–Trinajstić information content (AvgIpc) is 3.34. The van der Waals surface area contributed by atoms with Crippen molar-refractivity contribution in [3.05, 3.63) is 70.8 Å². The van der Waals surface area contributed by atoms with Crippen molar-refractivity contribution in [3.63, 3.8) is 0 Å². The summed E-state index contributed by atoms with van der Waals surface area (Å²) in [6.45, 7) is 2.92. The van der Waals surface area contributed by atoms with E-state index in [2.05, 4.69) is 36.5 Å². The molecule has 0 heterocycles. The third kappa shape index (κ3) is 3.37. The van der Waals surface area contributed by atoms with Crippen molar-refractivity contribution < 1.29 is 9.90 Å². The molecule has 0 bridgehead atoms. The Bertz CT molecular complexity index is 659. The fraction of sp³-hybridized carbons (Fsp3) is 0.316. The minimum absolute atomic E-state index is 0.335. The highest BCUT2D eigenvalue weighted by atomic mass is 16.4. The number of rotatable bonds is 6. The second kappa shape index (κ2) is 6.32. The zero-order valence-corrected chi connectivity index (χ0v) is 12.8. The Kier molecular flexibility index (Phi) is 4.25. The van der Waals surface area contributed by atoms with Crippen molar-refractivity contribution in [3.8, 4) is 0 Å². The third-order valence-electron chi connectivity index (χ3n) is 4.34. The quantitative estimate of drug-likeness (QED) is 0.849. The van der Waals surface area contributed by atoms with Gasteiger partial charge < -0.3 is 10.4 Å². The van der Waals surface area contributed by atoms with Crippen LogP contribution in [-0.4, -0.2) is 11.1 Å². The van der Waals surface area contributed by atoms with Gasteiger partial charge in [0.15, 0.2) is 0 Å². The van der Waals surface area contributed by atoms with Crippen LogP contribution < -0.4 is 5.32 Å². The van der Waals surface area contributed by atoms with Gasteiger partial charge in [-0.05, 0) is 54.5 Å². The Morgan fingerprint density at radius 1 is 1.18 bits per heavy atom. The van der Waals surface area contributed by atoms with E-state index in [0.717, 1.165) is 18.0 Å². The Balaban J connectivity index is 1.70. The molecule has 3 nitrogen and oxygen atoms in total. The number of nitrogens with one attached hydrogen (secondary N) is 1. The first-order chi connectivity index (χ1) is 10.6. The van der Waals surface area contributed by atoms with Crippen LogP contribution in [0.15, 0.2) is 48.5 Å². The molecule has 0 amide bonds. The second-order valence-corrected chi connectivity index (χ2v) is 6.05. The summed E-state index contributed by atoms with van der Waals surface area (Å²) in [4.78, 5) is 10.9. The van der Waals surface area contributed by atoms with Crippen LogP contribution in [0.1, 0.15) is 45.9 Å². The molecule has 1 fully saturated rings. The van der Waals surface area contributed by atoms with Gasteiger partial charge in [-0.1, -0.05) is 36.4 Å². The molecule has 3 rings (SSSR count). The molecule has 1 saturated carbocycles. The van der Waals surface area contributed by atoms with Gasteiger partial charge in [0.25, 0.3) is 0 Å². The lowest BCUT2D eigenvalue weighted by molar-refractivity contribution is 0.0697. The summed E-state index contributed by atoms with van der Waals surface area (Å²) < 4.78 is 0. The summed E-state index contributed by atoms with van der Waals surface area (Å²) in [5.74, 6) is -0.158. The maximum atomic E-state index is 10.9. The molecule has 0 radical (unpaired) electrons. The molecule has 1 unspecified atom stereocenters. The van der Waals surface area contributed by atoms with Crippen molar-refractivity contribution in [2.75, 3.05) is 0 Å². The monoisotopic (exact) mass is 295 g/mol. The Labute approximate surface area is 131 Å². The minimum atomic E-state index is -0.879. The number of carboxylic acids is 1. The molecular weight excluding hydrogens is 274 g/mol. The van der Waals surface area contributed by atoms with Crippen LogP contribution in [0.25, 0.3) is 0 Å². The number of carboxylic acid groups (broad SMARTS) is 1. The third-order valence-corrected chi connectivity index (χ3v) is 4.34. The van der Waals surface area contributed by atoms with Gasteiger partial charge in [-0.25, -0.2) is 4.79 Å². The van der Waals surface area contributed by atoms with Gasteiger partial charge in [0, 0.05) is 12.6 Å². The molecule has 22 heavy (non-hydrogen) atoms. The Hall–Kier alpha value is -2.13. The molecule has 114 valence electrons. The van der Waals surface area contributed by atoms with E-state index in [1.54, 1.807) is 12.1 Å². The fourth-order valence-corrected chi connectivity index (χ4v) is 2.89. The van der Waals surface area contributed by atoms with Crippen molar-refractivity contribution in [1.82, 2.24) is 5.32 Å². The molecule has 2 aromatic rings. The van der Waals surface area contributed by atoms with E-state index >= 15 is 0 Å². The summed E-state index contributed by atoms with van der Waals surface area (Å²) in [6.07, 6.45) is 2.56. The van der Waals surface area contributed by atoms with E-state index in [-0.39, 0.29) is 0 Å². The maximum Gasteiger partial charge on any atom is 0.335 e. The summed E-state index contributed by atoms with van der Waals surface area (Å²) in [5.41, 5.74) is 4.16. The SMILES string of the molecule is Cc1ccccc1C(NCc1ccc(C(=O)O)cc1)C1CC1. The van der Waals surface area contributed by atoms with Gasteiger partial charge in [0.2, 0.25) is 0 Å². The predicted octanol–water partition coefficient (Wildman–Crippen LogP) is 3.93. The van der Waals surface area contributed by atoms with E-state index in [1.165, 1.54) is 24.0 Å². The highest BCUT2D eigenvalue weighted by Crippen LogP contribution is 2.41. The van der Waals surface area contributed by atoms with Crippen LogP contribution in [0, 0.1) is 12.8 Å². The van der Waals surface area contributed by atoms with Crippen LogP contribution in [0.3, 0.4) is 0 Å². The number of hydrogen-bond donors (Lipinski definition) is 2. The summed E-state index contributed by atoms with van der Waals surface area (Å²) in [7, 11) is 0. The molecule has 2 N–H and O–H groups in total. The topological polar surface area (TPSA) is 49.3 Å². The van der Waals surface area contributed by atoms with E-state index < -0.39 is 5.97 Å². The van der Waals surface area contributed by atoms with Crippen LogP contribution >= 0.6 is 0 Å². The number of hydrogen-bond acceptors (Lipinski definition) is 2. The molecule has 1 aliphatic rings. The van der Waals surface area contributed by atoms with Crippen LogP contribution in [0.4, 0.5) is 0 Å². The number of aryl methyl sites for hydroxylation is 1. The lowest BCUT2D eigenvalue weighted by atomic mass is 9.97. The Morgan fingerprint density at radius 3 is 2.45 bits per heavy atom. The van der Waals surface area contributed by atoms with Gasteiger partial charge in [-0.3, -0.25) is 0 Å². The summed E-state index contributed by atoms with van der Waals surface area (Å²) >= 11 is 0. The van der Waals surface area contributed by atoms with Gasteiger partial charge >= 0.3 is 5.97 Å². The van der Waals surface area contributed by atoms with E-state index in [1.807, 2.05) is 12.1 Å². The van der Waals surface area contributed by atoms with E-state index in [0.29, 0.717) is 11.6 Å². The molecule has 0 aromatic heterocycles. The van der Waals surface area contributed by atoms with Crippen molar-refractivity contribution in [2.45, 2.75) is 32.4 Å². The molecule has 1 aliphatic carbocycles. The second-order valence-electron chi connectivity index (χ2n) is 6.05. The highest BCUT2D eigenvalue weighted by molar-refractivity contribution is 5.87. The van der Waals surface area contributed by atoms with Crippen molar-refractivity contribution in [1.29, 1.82) is 0 Å². The molecule has 0 aliphatic heterocycles. The highest BCUT2D eigenvalue weighted by Gasteiger charge is 2.32. The number of carbonyl (C=O) groups is 1. The first-order valence-electron chi connectivity index (χ1n) is 7.76. The molecule has 2 aromatic carbocycles. The average molecular weight is 295 g/mol. The van der Waals surface area contributed by atoms with Gasteiger partial charge in [0.1, 0.15) is 0 Å². The van der Waals surface area contributed by atoms with Crippen LogP contribution in [0.2, 0.25) is 0 Å². The van der Waals surface area contributed by atoms with Crippen LogP contribution in [0.5, 0.6) is 0 Å². The molecular formula is C19H21NO2. The van der Waals surface area contributed by atoms with E-state index in [9.17, 15) is 4.79 Å². The van der Waals surface area contributed by atoms with Gasteiger partial charge in [-0.2, -0.15) is 0 Å². The minimum Gasteiger partial charge on any atom is -0.478 e. The maximum absolute atomic E-state index is 10.9. The first-order valence-corrected chi connectivity index (χ1v) is 7.76. The largest absolute Gasteiger partial charge is 0.478 e. The van der Waals surface area contributed by atoms with Crippen molar-refractivity contribution in [2.24, 2.45) is 5.92 Å². The summed E-state index contributed by atoms with van der Waals surface area (Å²) in [5, 5.41) is 12.6. The Morgan fingerprint density at radius 2 is 1.86 bits per heavy atom. The predicted molar refractivity (Wildman–Crippen MR) is 86.9 cm³/mol. The standard InChI is InChI=1S/C19H21NO2/c1-13-4-2-3-5-17(13)18(15-10-11-15)20-12-14-6-8-16(9-7-14)19(21)22/h2-9,15,18,20H,10-12H2,1H3,(H,21,22). The summed E-state index contributed by atoms with van der Waals surface area (Å²) in [6, 6.07) is 16.0. The fourth-order valence-electron chi connectivity index (χ4n) is 2.89. The molecule has 0 spiro atoms. The molecule has 0 saturated heterocycles. The number of aromatic carboxylic acids is 1. The van der Waals surface area contributed by atoms with E-state index in [4.69, 9.17) is 5.11 Å². The molecule has 1 atom stereocenters. The van der Waals surface area contributed by atoms with Crippen LogP contribution in [-0.2, 0) is 6.54 Å². The van der Waals surface area contributed by atoms with Gasteiger partial charge in [-0.15, -0.1) is 0 Å². The normalized spacial score (nSPS) is 15.5. The smallest absolute Gasteiger partial charge is 0.335 e. The first kappa shape index (κ1) is 14.8. The molecule has 3 heteroatoms. The lowest BCUT2D eigenvalue weighted by Crippen LogP contribution is -2.23. The van der Waals surface area contributed by atoms with Gasteiger partial charge in [0.05, 0.1) is 5.56 Å². The van der Waals surface area contributed by atoms with Crippen molar-refractivity contribution >= 4 is 5.97 Å². The number of benzene rings is 2. The lowest BCUT2D eigenvalue weighted by Gasteiger charge is -2.21. The zero-order valence-electron chi connectivity index (χ0n) is 12.8.